The largest absolute Gasteiger partial charge is 0.339 e. The van der Waals surface area contributed by atoms with Gasteiger partial charge in [0.25, 0.3) is 0 Å². The van der Waals surface area contributed by atoms with Crippen molar-refractivity contribution in [3.63, 3.8) is 0 Å². The zero-order valence-electron chi connectivity index (χ0n) is 14.5. The van der Waals surface area contributed by atoms with Crippen molar-refractivity contribution in [1.29, 1.82) is 0 Å². The number of benzene rings is 2. The average molecular weight is 339 g/mol. The molecule has 0 saturated carbocycles. The number of aryl methyl sites for hydroxylation is 3. The van der Waals surface area contributed by atoms with Gasteiger partial charge >= 0.3 is 11.8 Å². The molecule has 0 aliphatic rings. The van der Waals surface area contributed by atoms with Gasteiger partial charge in [0.15, 0.2) is 0 Å². The molecular formula is C19H21N3O3. The topological polar surface area (TPSA) is 87.3 Å². The second-order valence-corrected chi connectivity index (χ2v) is 5.93. The van der Waals surface area contributed by atoms with E-state index in [1.54, 1.807) is 24.3 Å². The van der Waals surface area contributed by atoms with Crippen LogP contribution in [0.4, 0.5) is 11.4 Å². The SMILES string of the molecule is Cc1ccc(NC(=O)CNC(=O)C(=O)Nc2cc(C)cc(C)c2)cc1. The van der Waals surface area contributed by atoms with Crippen molar-refractivity contribution in [2.24, 2.45) is 0 Å². The van der Waals surface area contributed by atoms with E-state index >= 15 is 0 Å². The quantitative estimate of drug-likeness (QED) is 0.747. The molecule has 2 aromatic rings. The van der Waals surface area contributed by atoms with Crippen molar-refractivity contribution in [2.45, 2.75) is 20.8 Å². The highest BCUT2D eigenvalue weighted by molar-refractivity contribution is 6.39. The molecule has 0 radical (unpaired) electrons. The van der Waals surface area contributed by atoms with Gasteiger partial charge in [-0.1, -0.05) is 23.8 Å². The molecule has 130 valence electrons. The molecule has 0 bridgehead atoms. The normalized spacial score (nSPS) is 10.0. The Balaban J connectivity index is 1.83. The fourth-order valence-electron chi connectivity index (χ4n) is 2.32. The maximum Gasteiger partial charge on any atom is 0.313 e. The molecule has 6 heteroatoms. The smallest absolute Gasteiger partial charge is 0.313 e. The van der Waals surface area contributed by atoms with Crippen LogP contribution in [0.1, 0.15) is 16.7 Å². The Labute approximate surface area is 146 Å². The van der Waals surface area contributed by atoms with Gasteiger partial charge in [-0.15, -0.1) is 0 Å². The number of hydrogen-bond donors (Lipinski definition) is 3. The highest BCUT2D eigenvalue weighted by Crippen LogP contribution is 2.13. The third kappa shape index (κ3) is 5.76. The van der Waals surface area contributed by atoms with Gasteiger partial charge in [-0.2, -0.15) is 0 Å². The van der Waals surface area contributed by atoms with Gasteiger partial charge in [0.1, 0.15) is 0 Å². The number of amides is 3. The summed E-state index contributed by atoms with van der Waals surface area (Å²) in [6, 6.07) is 12.8. The number of carbonyl (C=O) groups is 3. The van der Waals surface area contributed by atoms with E-state index in [2.05, 4.69) is 16.0 Å². The molecule has 0 unspecified atom stereocenters. The number of nitrogens with one attached hydrogen (secondary N) is 3. The van der Waals surface area contributed by atoms with Crippen LogP contribution in [0.25, 0.3) is 0 Å². The van der Waals surface area contributed by atoms with Crippen LogP contribution in [-0.2, 0) is 14.4 Å². The third-order valence-corrected chi connectivity index (χ3v) is 3.43. The fraction of sp³-hybridized carbons (Fsp3) is 0.211. The second-order valence-electron chi connectivity index (χ2n) is 5.93. The van der Waals surface area contributed by atoms with Crippen molar-refractivity contribution in [3.05, 3.63) is 59.2 Å². The van der Waals surface area contributed by atoms with E-state index in [1.807, 2.05) is 39.0 Å². The maximum atomic E-state index is 11.9. The minimum atomic E-state index is -0.863. The summed E-state index contributed by atoms with van der Waals surface area (Å²) in [6.07, 6.45) is 0. The predicted octanol–water partition coefficient (Wildman–Crippen LogP) is 2.31. The first-order valence-corrected chi connectivity index (χ1v) is 7.87. The highest BCUT2D eigenvalue weighted by atomic mass is 16.2. The molecule has 0 heterocycles. The lowest BCUT2D eigenvalue weighted by Gasteiger charge is -2.09. The fourth-order valence-corrected chi connectivity index (χ4v) is 2.32. The highest BCUT2D eigenvalue weighted by Gasteiger charge is 2.15. The van der Waals surface area contributed by atoms with E-state index in [0.29, 0.717) is 11.4 Å². The van der Waals surface area contributed by atoms with Crippen LogP contribution in [0.3, 0.4) is 0 Å². The first-order valence-electron chi connectivity index (χ1n) is 7.87. The van der Waals surface area contributed by atoms with E-state index in [1.165, 1.54) is 0 Å². The predicted molar refractivity (Wildman–Crippen MR) is 97.4 cm³/mol. The summed E-state index contributed by atoms with van der Waals surface area (Å²) in [4.78, 5) is 35.5. The molecule has 2 aromatic carbocycles. The van der Waals surface area contributed by atoms with E-state index in [-0.39, 0.29) is 6.54 Å². The first kappa shape index (κ1) is 18.2. The average Bonchev–Trinajstić information content (AvgIpc) is 2.53. The summed E-state index contributed by atoms with van der Waals surface area (Å²) >= 11 is 0. The van der Waals surface area contributed by atoms with Crippen molar-refractivity contribution in [3.8, 4) is 0 Å². The molecule has 3 amide bonds. The molecule has 0 aliphatic carbocycles. The van der Waals surface area contributed by atoms with Gasteiger partial charge < -0.3 is 16.0 Å². The Bertz CT molecular complexity index is 778. The molecule has 25 heavy (non-hydrogen) atoms. The molecule has 0 aliphatic heterocycles. The Morgan fingerprint density at radius 3 is 1.92 bits per heavy atom. The molecule has 3 N–H and O–H groups in total. The van der Waals surface area contributed by atoms with Gasteiger partial charge in [0.05, 0.1) is 6.54 Å². The van der Waals surface area contributed by atoms with Crippen LogP contribution >= 0.6 is 0 Å². The zero-order valence-corrected chi connectivity index (χ0v) is 14.5. The van der Waals surface area contributed by atoms with E-state index in [0.717, 1.165) is 16.7 Å². The van der Waals surface area contributed by atoms with Gasteiger partial charge in [-0.05, 0) is 56.2 Å². The van der Waals surface area contributed by atoms with Crippen LogP contribution in [-0.4, -0.2) is 24.3 Å². The molecule has 0 atom stereocenters. The Hall–Kier alpha value is -3.15. The lowest BCUT2D eigenvalue weighted by atomic mass is 10.1. The Morgan fingerprint density at radius 1 is 0.720 bits per heavy atom. The second kappa shape index (κ2) is 8.10. The monoisotopic (exact) mass is 339 g/mol. The van der Waals surface area contributed by atoms with Crippen LogP contribution in [0.5, 0.6) is 0 Å². The lowest BCUT2D eigenvalue weighted by Crippen LogP contribution is -2.39. The molecule has 0 fully saturated rings. The minimum Gasteiger partial charge on any atom is -0.339 e. The van der Waals surface area contributed by atoms with Crippen LogP contribution in [0.15, 0.2) is 42.5 Å². The van der Waals surface area contributed by atoms with E-state index < -0.39 is 17.7 Å². The van der Waals surface area contributed by atoms with Crippen molar-refractivity contribution in [1.82, 2.24) is 5.32 Å². The summed E-state index contributed by atoms with van der Waals surface area (Å²) < 4.78 is 0. The molecule has 2 rings (SSSR count). The third-order valence-electron chi connectivity index (χ3n) is 3.43. The van der Waals surface area contributed by atoms with Crippen LogP contribution in [0.2, 0.25) is 0 Å². The van der Waals surface area contributed by atoms with Gasteiger partial charge in [0, 0.05) is 11.4 Å². The number of hydrogen-bond acceptors (Lipinski definition) is 3. The standard InChI is InChI=1S/C19H21N3O3/c1-12-4-6-15(7-5-12)21-17(23)11-20-18(24)19(25)22-16-9-13(2)8-14(3)10-16/h4-10H,11H2,1-3H3,(H,20,24)(H,21,23)(H,22,25). The maximum absolute atomic E-state index is 11.9. The van der Waals surface area contributed by atoms with Crippen molar-refractivity contribution < 1.29 is 14.4 Å². The van der Waals surface area contributed by atoms with E-state index in [9.17, 15) is 14.4 Å². The minimum absolute atomic E-state index is 0.285. The summed E-state index contributed by atoms with van der Waals surface area (Å²) in [5.41, 5.74) is 4.21. The zero-order chi connectivity index (χ0) is 18.4. The molecule has 6 nitrogen and oxygen atoms in total. The molecule has 0 spiro atoms. The molecule has 0 aromatic heterocycles. The summed E-state index contributed by atoms with van der Waals surface area (Å²) in [5.74, 6) is -2.08. The number of anilines is 2. The first-order chi connectivity index (χ1) is 11.8. The van der Waals surface area contributed by atoms with E-state index in [4.69, 9.17) is 0 Å². The van der Waals surface area contributed by atoms with Crippen LogP contribution < -0.4 is 16.0 Å². The van der Waals surface area contributed by atoms with Crippen molar-refractivity contribution in [2.75, 3.05) is 17.2 Å². The summed E-state index contributed by atoms with van der Waals surface area (Å²) in [6.45, 7) is 5.46. The van der Waals surface area contributed by atoms with Gasteiger partial charge in [0.2, 0.25) is 5.91 Å². The van der Waals surface area contributed by atoms with Gasteiger partial charge in [-0.3, -0.25) is 14.4 Å². The Morgan fingerprint density at radius 2 is 1.32 bits per heavy atom. The molecule has 0 saturated heterocycles. The number of rotatable bonds is 4. The summed E-state index contributed by atoms with van der Waals surface area (Å²) in [7, 11) is 0. The van der Waals surface area contributed by atoms with Gasteiger partial charge in [-0.25, -0.2) is 0 Å². The number of carbonyl (C=O) groups excluding carboxylic acids is 3. The lowest BCUT2D eigenvalue weighted by molar-refractivity contribution is -0.136. The van der Waals surface area contributed by atoms with Crippen molar-refractivity contribution >= 4 is 29.1 Å². The molecular weight excluding hydrogens is 318 g/mol. The summed E-state index contributed by atoms with van der Waals surface area (Å²) in [5, 5.41) is 7.46. The van der Waals surface area contributed by atoms with Crippen LogP contribution in [0, 0.1) is 20.8 Å². The Kier molecular flexibility index (Phi) is 5.89.